The van der Waals surface area contributed by atoms with Gasteiger partial charge in [-0.05, 0) is 36.2 Å². The van der Waals surface area contributed by atoms with E-state index in [-0.39, 0.29) is 5.56 Å². The number of rotatable bonds is 4. The predicted molar refractivity (Wildman–Crippen MR) is 94.6 cm³/mol. The smallest absolute Gasteiger partial charge is 0.327 e. The number of hydrogen-bond donors (Lipinski definition) is 2. The van der Waals surface area contributed by atoms with Gasteiger partial charge in [0, 0.05) is 4.47 Å². The molecule has 0 bridgehead atoms. The van der Waals surface area contributed by atoms with Gasteiger partial charge in [-0.3, -0.25) is 0 Å². The molecule has 0 spiro atoms. The van der Waals surface area contributed by atoms with Gasteiger partial charge in [0.05, 0.1) is 11.6 Å². The summed E-state index contributed by atoms with van der Waals surface area (Å²) in [6.07, 6.45) is -9.16. The highest BCUT2D eigenvalue weighted by molar-refractivity contribution is 9.10. The minimum absolute atomic E-state index is 0.273. The minimum atomic E-state index is -4.63. The molecule has 0 saturated carbocycles. The second-order valence-corrected chi connectivity index (χ2v) is 6.81. The third-order valence-electron chi connectivity index (χ3n) is 3.90. The van der Waals surface area contributed by atoms with Crippen LogP contribution in [0.2, 0.25) is 0 Å². The fourth-order valence-corrected chi connectivity index (χ4v) is 2.88. The number of carbonyl (C=O) groups excluding carboxylic acids is 1. The summed E-state index contributed by atoms with van der Waals surface area (Å²) in [4.78, 5) is 12.1. The van der Waals surface area contributed by atoms with E-state index in [1.54, 1.807) is 29.6 Å². The van der Waals surface area contributed by atoms with E-state index >= 15 is 0 Å². The second-order valence-electron chi connectivity index (χ2n) is 5.96. The quantitative estimate of drug-likeness (QED) is 0.546. The second kappa shape index (κ2) is 8.42. The minimum Gasteiger partial charge on any atom is -0.327 e. The Bertz CT molecular complexity index is 820. The lowest BCUT2D eigenvalue weighted by Crippen LogP contribution is -2.48. The van der Waals surface area contributed by atoms with Gasteiger partial charge in [0.15, 0.2) is 0 Å². The zero-order chi connectivity index (χ0) is 21.1. The highest BCUT2D eigenvalue weighted by Gasteiger charge is 2.37. The number of nitrogens with one attached hydrogen (secondary N) is 2. The Morgan fingerprint density at radius 1 is 0.929 bits per heavy atom. The van der Waals surface area contributed by atoms with Crippen molar-refractivity contribution in [3.8, 4) is 0 Å². The van der Waals surface area contributed by atoms with Crippen molar-refractivity contribution in [1.82, 2.24) is 10.6 Å². The molecule has 0 aromatic heterocycles. The van der Waals surface area contributed by atoms with Gasteiger partial charge in [-0.2, -0.15) is 26.3 Å². The Balaban J connectivity index is 2.33. The molecular weight excluding hydrogens is 454 g/mol. The lowest BCUT2D eigenvalue weighted by Gasteiger charge is -2.24. The maximum Gasteiger partial charge on any atom is 0.416 e. The number of hydrogen-bond acceptors (Lipinski definition) is 1. The maximum atomic E-state index is 12.8. The van der Waals surface area contributed by atoms with E-state index < -0.39 is 36.0 Å². The van der Waals surface area contributed by atoms with Gasteiger partial charge in [0.1, 0.15) is 6.04 Å². The van der Waals surface area contributed by atoms with Crippen LogP contribution in [0.1, 0.15) is 29.7 Å². The van der Waals surface area contributed by atoms with Crippen LogP contribution in [0.5, 0.6) is 0 Å². The number of halogens is 7. The van der Waals surface area contributed by atoms with Crippen molar-refractivity contribution in [3.63, 3.8) is 0 Å². The zero-order valence-corrected chi connectivity index (χ0v) is 15.9. The molecule has 0 aliphatic carbocycles. The molecule has 0 radical (unpaired) electrons. The van der Waals surface area contributed by atoms with E-state index in [0.717, 1.165) is 19.1 Å². The topological polar surface area (TPSA) is 41.1 Å². The van der Waals surface area contributed by atoms with Crippen LogP contribution in [0.15, 0.2) is 53.0 Å². The Kier molecular flexibility index (Phi) is 6.63. The first kappa shape index (κ1) is 22.1. The van der Waals surface area contributed by atoms with Gasteiger partial charge in [0.25, 0.3) is 0 Å². The lowest BCUT2D eigenvalue weighted by atomic mass is 9.97. The molecule has 3 nitrogen and oxygen atoms in total. The Labute approximate surface area is 165 Å². The molecule has 0 unspecified atom stereocenters. The highest BCUT2D eigenvalue weighted by atomic mass is 79.9. The van der Waals surface area contributed by atoms with Crippen molar-refractivity contribution < 1.29 is 31.1 Å². The zero-order valence-electron chi connectivity index (χ0n) is 14.3. The summed E-state index contributed by atoms with van der Waals surface area (Å²) in [5.74, 6) is 0. The molecule has 0 saturated heterocycles. The van der Waals surface area contributed by atoms with Gasteiger partial charge >= 0.3 is 18.4 Å². The Morgan fingerprint density at radius 2 is 1.50 bits per heavy atom. The van der Waals surface area contributed by atoms with Gasteiger partial charge in [0.2, 0.25) is 0 Å². The first-order chi connectivity index (χ1) is 12.9. The van der Waals surface area contributed by atoms with Gasteiger partial charge < -0.3 is 10.6 Å². The van der Waals surface area contributed by atoms with Crippen LogP contribution < -0.4 is 10.6 Å². The molecule has 0 fully saturated rings. The number of amides is 2. The van der Waals surface area contributed by atoms with Crippen LogP contribution >= 0.6 is 15.9 Å². The van der Waals surface area contributed by atoms with Crippen LogP contribution in [-0.4, -0.2) is 18.2 Å². The molecule has 2 atom stereocenters. The van der Waals surface area contributed by atoms with Crippen LogP contribution in [0, 0.1) is 0 Å². The number of urea groups is 1. The molecule has 2 aromatic carbocycles. The maximum absolute atomic E-state index is 12.8. The monoisotopic (exact) mass is 468 g/mol. The van der Waals surface area contributed by atoms with Crippen molar-refractivity contribution in [3.05, 3.63) is 69.7 Å². The summed E-state index contributed by atoms with van der Waals surface area (Å²) in [5, 5.41) is 4.16. The normalized spacial score (nSPS) is 14.3. The van der Waals surface area contributed by atoms with Crippen LogP contribution in [0.4, 0.5) is 31.1 Å². The van der Waals surface area contributed by atoms with E-state index in [1.165, 1.54) is 12.1 Å². The summed E-state index contributed by atoms with van der Waals surface area (Å²) < 4.78 is 76.8. The highest BCUT2D eigenvalue weighted by Crippen LogP contribution is 2.33. The van der Waals surface area contributed by atoms with Gasteiger partial charge in [-0.15, -0.1) is 0 Å². The van der Waals surface area contributed by atoms with Crippen molar-refractivity contribution in [2.75, 3.05) is 0 Å². The van der Waals surface area contributed by atoms with E-state index in [1.807, 2.05) is 0 Å². The van der Waals surface area contributed by atoms with Gasteiger partial charge in [-0.1, -0.05) is 46.3 Å². The molecule has 10 heteroatoms. The fourth-order valence-electron chi connectivity index (χ4n) is 2.37. The van der Waals surface area contributed by atoms with Crippen molar-refractivity contribution in [1.29, 1.82) is 0 Å². The lowest BCUT2D eigenvalue weighted by molar-refractivity contribution is -0.148. The SMILES string of the molecule is C[C@H](NC(=O)N[C@@H](c1ccc(C(F)(F)F)cc1)c1ccccc1Br)C(F)(F)F. The molecule has 2 rings (SSSR count). The van der Waals surface area contributed by atoms with E-state index in [2.05, 4.69) is 21.2 Å². The molecule has 2 amide bonds. The molecular formula is C18H15BrF6N2O. The average molecular weight is 469 g/mol. The van der Waals surface area contributed by atoms with E-state index in [0.29, 0.717) is 10.0 Å². The molecule has 0 heterocycles. The van der Waals surface area contributed by atoms with E-state index in [4.69, 9.17) is 0 Å². The summed E-state index contributed by atoms with van der Waals surface area (Å²) in [7, 11) is 0. The van der Waals surface area contributed by atoms with Crippen LogP contribution in [0.3, 0.4) is 0 Å². The molecule has 0 aliphatic rings. The fraction of sp³-hybridized carbons (Fsp3) is 0.278. The molecule has 2 N–H and O–H groups in total. The average Bonchev–Trinajstić information content (AvgIpc) is 2.59. The third-order valence-corrected chi connectivity index (χ3v) is 4.62. The number of benzene rings is 2. The largest absolute Gasteiger partial charge is 0.416 e. The number of carbonyl (C=O) groups is 1. The van der Waals surface area contributed by atoms with Crippen LogP contribution in [0.25, 0.3) is 0 Å². The molecule has 28 heavy (non-hydrogen) atoms. The molecule has 0 aliphatic heterocycles. The third kappa shape index (κ3) is 5.63. The predicted octanol–water partition coefficient (Wildman–Crippen LogP) is 5.81. The van der Waals surface area contributed by atoms with Crippen molar-refractivity contribution in [2.45, 2.75) is 31.4 Å². The van der Waals surface area contributed by atoms with Crippen LogP contribution in [-0.2, 0) is 6.18 Å². The Morgan fingerprint density at radius 3 is 2.00 bits per heavy atom. The van der Waals surface area contributed by atoms with Gasteiger partial charge in [-0.25, -0.2) is 4.79 Å². The van der Waals surface area contributed by atoms with Crippen molar-refractivity contribution in [2.24, 2.45) is 0 Å². The first-order valence-corrected chi connectivity index (χ1v) is 8.74. The number of alkyl halides is 6. The first-order valence-electron chi connectivity index (χ1n) is 7.95. The summed E-state index contributed by atoms with van der Waals surface area (Å²) in [5.41, 5.74) is -0.135. The molecule has 152 valence electrons. The van der Waals surface area contributed by atoms with E-state index in [9.17, 15) is 31.1 Å². The summed E-state index contributed by atoms with van der Waals surface area (Å²) in [6, 6.07) is 6.40. The molecule has 2 aromatic rings. The standard InChI is InChI=1S/C18H15BrF6N2O/c1-10(17(20,21)22)26-16(28)27-15(13-4-2-3-5-14(13)19)11-6-8-12(9-7-11)18(23,24)25/h2-10,15H,1H3,(H2,26,27,28)/t10-,15-/m0/s1. The Hall–Kier alpha value is -2.23. The summed E-state index contributed by atoms with van der Waals surface area (Å²) >= 11 is 3.28. The van der Waals surface area contributed by atoms with Crippen molar-refractivity contribution >= 4 is 22.0 Å². The summed E-state index contributed by atoms with van der Waals surface area (Å²) in [6.45, 7) is 0.783.